The number of nitrogens with zero attached hydrogens (tertiary/aromatic N) is 1. The molecule has 59 heavy (non-hydrogen) atoms. The first-order valence-electron chi connectivity index (χ1n) is 20.3. The lowest BCUT2D eigenvalue weighted by atomic mass is 9.89. The molecule has 0 atom stereocenters. The zero-order chi connectivity index (χ0) is 39.1. The SMILES string of the molecule is c1ccc(-c2ccc(N(c3ccc(-c4ccc5ccccc5c4)cc3)c3cccc(-c4cccc(-c5cccc6c7ccccc7c7ccccc7c56)c4)c3)cc2)cc1. The molecule has 0 amide bonds. The Labute approximate surface area is 344 Å². The molecule has 0 heterocycles. The van der Waals surface area contributed by atoms with Crippen LogP contribution in [0, 0.1) is 0 Å². The van der Waals surface area contributed by atoms with Crippen LogP contribution in [0.15, 0.2) is 237 Å². The summed E-state index contributed by atoms with van der Waals surface area (Å²) >= 11 is 0. The minimum atomic E-state index is 1.10. The van der Waals surface area contributed by atoms with Gasteiger partial charge in [-0.05, 0) is 136 Å². The van der Waals surface area contributed by atoms with E-state index in [1.54, 1.807) is 0 Å². The van der Waals surface area contributed by atoms with Gasteiger partial charge < -0.3 is 4.90 Å². The monoisotopic (exact) mass is 749 g/mol. The van der Waals surface area contributed by atoms with Crippen molar-refractivity contribution in [2.24, 2.45) is 0 Å². The molecule has 1 nitrogen and oxygen atoms in total. The number of rotatable bonds is 7. The Morgan fingerprint density at radius 1 is 0.220 bits per heavy atom. The van der Waals surface area contributed by atoms with E-state index >= 15 is 0 Å². The number of hydrogen-bond donors (Lipinski definition) is 0. The fraction of sp³-hybridized carbons (Fsp3) is 0. The average Bonchev–Trinajstić information content (AvgIpc) is 3.32. The van der Waals surface area contributed by atoms with Gasteiger partial charge in [-0.2, -0.15) is 0 Å². The smallest absolute Gasteiger partial charge is 0.0467 e. The normalized spacial score (nSPS) is 11.4. The highest BCUT2D eigenvalue weighted by molar-refractivity contribution is 6.28. The summed E-state index contributed by atoms with van der Waals surface area (Å²) in [6, 6.07) is 86.2. The van der Waals surface area contributed by atoms with Crippen molar-refractivity contribution in [1.29, 1.82) is 0 Å². The molecule has 0 aliphatic heterocycles. The second-order valence-electron chi connectivity index (χ2n) is 15.3. The summed E-state index contributed by atoms with van der Waals surface area (Å²) in [6.45, 7) is 0. The van der Waals surface area contributed by atoms with Gasteiger partial charge in [-0.3, -0.25) is 0 Å². The molecule has 0 unspecified atom stereocenters. The Morgan fingerprint density at radius 3 is 1.36 bits per heavy atom. The first-order valence-corrected chi connectivity index (χ1v) is 20.3. The first-order chi connectivity index (χ1) is 29.2. The van der Waals surface area contributed by atoms with E-state index in [9.17, 15) is 0 Å². The molecule has 1 heteroatoms. The maximum Gasteiger partial charge on any atom is 0.0467 e. The minimum absolute atomic E-state index is 1.10. The van der Waals surface area contributed by atoms with Crippen LogP contribution in [0.25, 0.3) is 87.6 Å². The van der Waals surface area contributed by atoms with Gasteiger partial charge in [-0.15, -0.1) is 0 Å². The van der Waals surface area contributed by atoms with E-state index in [1.807, 2.05) is 0 Å². The van der Waals surface area contributed by atoms with Gasteiger partial charge in [0.05, 0.1) is 0 Å². The van der Waals surface area contributed by atoms with Crippen LogP contribution >= 0.6 is 0 Å². The van der Waals surface area contributed by atoms with E-state index in [4.69, 9.17) is 0 Å². The van der Waals surface area contributed by atoms with Crippen molar-refractivity contribution in [2.45, 2.75) is 0 Å². The Hall–Kier alpha value is -7.74. The fourth-order valence-electron chi connectivity index (χ4n) is 8.94. The summed E-state index contributed by atoms with van der Waals surface area (Å²) in [5.41, 5.74) is 12.9. The van der Waals surface area contributed by atoms with Crippen LogP contribution in [-0.2, 0) is 0 Å². The van der Waals surface area contributed by atoms with Gasteiger partial charge in [0.25, 0.3) is 0 Å². The molecule has 11 aromatic carbocycles. The number of benzene rings is 11. The third-order valence-corrected chi connectivity index (χ3v) is 11.8. The van der Waals surface area contributed by atoms with Crippen molar-refractivity contribution in [3.8, 4) is 44.5 Å². The fourth-order valence-corrected chi connectivity index (χ4v) is 8.94. The van der Waals surface area contributed by atoms with Crippen LogP contribution in [0.4, 0.5) is 17.1 Å². The van der Waals surface area contributed by atoms with Crippen LogP contribution in [0.5, 0.6) is 0 Å². The maximum atomic E-state index is 2.37. The lowest BCUT2D eigenvalue weighted by Crippen LogP contribution is -2.10. The predicted molar refractivity (Wildman–Crippen MR) is 253 cm³/mol. The summed E-state index contributed by atoms with van der Waals surface area (Å²) in [6.07, 6.45) is 0. The van der Waals surface area contributed by atoms with Crippen molar-refractivity contribution >= 4 is 60.2 Å². The van der Waals surface area contributed by atoms with Crippen LogP contribution in [-0.4, -0.2) is 0 Å². The molecule has 11 rings (SSSR count). The highest BCUT2D eigenvalue weighted by Crippen LogP contribution is 2.42. The Morgan fingerprint density at radius 2 is 0.661 bits per heavy atom. The topological polar surface area (TPSA) is 3.24 Å². The van der Waals surface area contributed by atoms with Crippen molar-refractivity contribution in [3.63, 3.8) is 0 Å². The minimum Gasteiger partial charge on any atom is -0.310 e. The summed E-state index contributed by atoms with van der Waals surface area (Å²) in [5.74, 6) is 0. The number of hydrogen-bond acceptors (Lipinski definition) is 1. The molecule has 0 bridgehead atoms. The summed E-state index contributed by atoms with van der Waals surface area (Å²) in [4.78, 5) is 2.37. The molecular weight excluding hydrogens is 711 g/mol. The third-order valence-electron chi connectivity index (χ3n) is 11.8. The van der Waals surface area contributed by atoms with E-state index < -0.39 is 0 Å². The van der Waals surface area contributed by atoms with Gasteiger partial charge in [0.15, 0.2) is 0 Å². The lowest BCUT2D eigenvalue weighted by Gasteiger charge is -2.26. The molecule has 11 aromatic rings. The average molecular weight is 750 g/mol. The molecule has 0 aliphatic carbocycles. The van der Waals surface area contributed by atoms with Gasteiger partial charge in [-0.1, -0.05) is 188 Å². The zero-order valence-corrected chi connectivity index (χ0v) is 32.5. The van der Waals surface area contributed by atoms with E-state index in [2.05, 4.69) is 241 Å². The van der Waals surface area contributed by atoms with Crippen LogP contribution in [0.3, 0.4) is 0 Å². The van der Waals surface area contributed by atoms with Crippen LogP contribution < -0.4 is 4.90 Å². The summed E-state index contributed by atoms with van der Waals surface area (Å²) in [7, 11) is 0. The Bertz CT molecular complexity index is 3260. The van der Waals surface area contributed by atoms with Gasteiger partial charge in [0, 0.05) is 17.1 Å². The molecule has 0 N–H and O–H groups in total. The van der Waals surface area contributed by atoms with Crippen LogP contribution in [0.1, 0.15) is 0 Å². The molecule has 0 aromatic heterocycles. The Kier molecular flexibility index (Phi) is 8.56. The van der Waals surface area contributed by atoms with Gasteiger partial charge >= 0.3 is 0 Å². The molecular formula is C58H39N. The van der Waals surface area contributed by atoms with Gasteiger partial charge in [0.1, 0.15) is 0 Å². The highest BCUT2D eigenvalue weighted by Gasteiger charge is 2.16. The van der Waals surface area contributed by atoms with E-state index in [0.29, 0.717) is 0 Å². The molecule has 0 saturated carbocycles. The zero-order valence-electron chi connectivity index (χ0n) is 32.5. The molecule has 0 radical (unpaired) electrons. The predicted octanol–water partition coefficient (Wildman–Crippen LogP) is 16.4. The maximum absolute atomic E-state index is 2.37. The summed E-state index contributed by atoms with van der Waals surface area (Å²) < 4.78 is 0. The van der Waals surface area contributed by atoms with Gasteiger partial charge in [0.2, 0.25) is 0 Å². The first kappa shape index (κ1) is 34.5. The Balaban J connectivity index is 1.01. The number of fused-ring (bicyclic) bond motifs is 7. The van der Waals surface area contributed by atoms with Crippen LogP contribution in [0.2, 0.25) is 0 Å². The molecule has 0 aliphatic rings. The van der Waals surface area contributed by atoms with E-state index in [-0.39, 0.29) is 0 Å². The molecule has 0 saturated heterocycles. The lowest BCUT2D eigenvalue weighted by molar-refractivity contribution is 1.28. The number of anilines is 3. The summed E-state index contributed by atoms with van der Waals surface area (Å²) in [5, 5.41) is 10.2. The van der Waals surface area contributed by atoms with E-state index in [1.165, 1.54) is 87.6 Å². The second kappa shape index (κ2) is 14.6. The largest absolute Gasteiger partial charge is 0.310 e. The van der Waals surface area contributed by atoms with Crippen molar-refractivity contribution < 1.29 is 0 Å². The second-order valence-corrected chi connectivity index (χ2v) is 15.3. The van der Waals surface area contributed by atoms with Crippen molar-refractivity contribution in [3.05, 3.63) is 237 Å². The van der Waals surface area contributed by atoms with Gasteiger partial charge in [-0.25, -0.2) is 0 Å². The van der Waals surface area contributed by atoms with E-state index in [0.717, 1.165) is 17.1 Å². The quantitative estimate of drug-likeness (QED) is 0.147. The standard InChI is InChI=1S/C58H39N/c1-2-13-40(14-3-1)42-29-33-49(34-30-42)59(50-35-31-43(32-36-50)47-28-27-41-15-4-5-16-44(41)37-47)51-20-11-18-46(39-51)45-17-10-19-48(38-45)52-25-12-26-57-55-22-7-6-21-53(55)54-23-8-9-24-56(54)58(52)57/h1-39H. The van der Waals surface area contributed by atoms with Crippen molar-refractivity contribution in [2.75, 3.05) is 4.90 Å². The van der Waals surface area contributed by atoms with Crippen molar-refractivity contribution in [1.82, 2.24) is 0 Å². The molecule has 0 fully saturated rings. The highest BCUT2D eigenvalue weighted by atomic mass is 15.1. The third kappa shape index (κ3) is 6.30. The molecule has 0 spiro atoms. The molecule has 276 valence electrons.